The smallest absolute Gasteiger partial charge is 0.261 e. The lowest BCUT2D eigenvalue weighted by Gasteiger charge is -2.18. The Labute approximate surface area is 127 Å². The van der Waals surface area contributed by atoms with Crippen LogP contribution in [0.5, 0.6) is 0 Å². The number of halogens is 1. The van der Waals surface area contributed by atoms with Crippen LogP contribution in [-0.2, 0) is 0 Å². The minimum Gasteiger partial charge on any atom is -0.290 e. The van der Waals surface area contributed by atoms with E-state index in [2.05, 4.69) is 9.97 Å². The first-order chi connectivity index (χ1) is 10.6. The van der Waals surface area contributed by atoms with Gasteiger partial charge >= 0.3 is 0 Å². The van der Waals surface area contributed by atoms with Gasteiger partial charge in [-0.3, -0.25) is 14.3 Å². The van der Waals surface area contributed by atoms with E-state index in [1.54, 1.807) is 6.07 Å². The quantitative estimate of drug-likeness (QED) is 0.745. The summed E-state index contributed by atoms with van der Waals surface area (Å²) >= 11 is 0. The highest BCUT2D eigenvalue weighted by atomic mass is 19.1. The van der Waals surface area contributed by atoms with Crippen LogP contribution in [0.25, 0.3) is 10.9 Å². The molecule has 4 nitrogen and oxygen atoms in total. The van der Waals surface area contributed by atoms with E-state index < -0.39 is 5.82 Å². The van der Waals surface area contributed by atoms with Crippen molar-refractivity contribution in [2.75, 3.05) is 0 Å². The average molecular weight is 297 g/mol. The number of nitrogens with zero attached hydrogens (tertiary/aromatic N) is 3. The monoisotopic (exact) mass is 297 g/mol. The van der Waals surface area contributed by atoms with E-state index >= 15 is 0 Å². The van der Waals surface area contributed by atoms with Crippen molar-refractivity contribution >= 4 is 10.9 Å². The summed E-state index contributed by atoms with van der Waals surface area (Å²) in [5, 5.41) is 0.286. The first kappa shape index (κ1) is 14.4. The van der Waals surface area contributed by atoms with Crippen molar-refractivity contribution in [2.24, 2.45) is 0 Å². The number of hydrogen-bond donors (Lipinski definition) is 0. The highest BCUT2D eigenvalue weighted by Crippen LogP contribution is 2.20. The minimum absolute atomic E-state index is 0.107. The Morgan fingerprint density at radius 1 is 1.23 bits per heavy atom. The third kappa shape index (κ3) is 2.39. The van der Waals surface area contributed by atoms with Crippen molar-refractivity contribution in [3.05, 3.63) is 70.3 Å². The molecule has 1 atom stereocenters. The maximum atomic E-state index is 13.7. The molecule has 0 saturated heterocycles. The Kier molecular flexibility index (Phi) is 3.71. The number of pyridine rings is 1. The standard InChI is InChI=1S/C17H16FN3O/c1-3-15(14-9-4-6-11(2)20-14)21-10-19-16-12(17(21)22)7-5-8-13(16)18/h4-10,15H,3H2,1-2H3/t15-/m1/s1. The average Bonchev–Trinajstić information content (AvgIpc) is 2.51. The molecule has 0 spiro atoms. The fourth-order valence-electron chi connectivity index (χ4n) is 2.65. The summed E-state index contributed by atoms with van der Waals surface area (Å²) in [7, 11) is 0. The number of aryl methyl sites for hydroxylation is 1. The Hall–Kier alpha value is -2.56. The van der Waals surface area contributed by atoms with Gasteiger partial charge in [-0.05, 0) is 37.6 Å². The van der Waals surface area contributed by atoms with Gasteiger partial charge in [0.15, 0.2) is 0 Å². The molecule has 3 rings (SSSR count). The highest BCUT2D eigenvalue weighted by Gasteiger charge is 2.17. The number of aromatic nitrogens is 3. The number of benzene rings is 1. The first-order valence-electron chi connectivity index (χ1n) is 7.20. The summed E-state index contributed by atoms with van der Waals surface area (Å²) in [5.74, 6) is -0.483. The van der Waals surface area contributed by atoms with E-state index in [0.717, 1.165) is 11.4 Å². The molecule has 1 aromatic carbocycles. The van der Waals surface area contributed by atoms with Crippen molar-refractivity contribution in [2.45, 2.75) is 26.3 Å². The maximum absolute atomic E-state index is 13.7. The second kappa shape index (κ2) is 5.67. The van der Waals surface area contributed by atoms with Gasteiger partial charge in [-0.25, -0.2) is 9.37 Å². The number of rotatable bonds is 3. The SMILES string of the molecule is CC[C@H](c1cccc(C)n1)n1cnc2c(F)cccc2c1=O. The van der Waals surface area contributed by atoms with Crippen LogP contribution < -0.4 is 5.56 Å². The van der Waals surface area contributed by atoms with Gasteiger partial charge in [-0.2, -0.15) is 0 Å². The van der Waals surface area contributed by atoms with Gasteiger partial charge in [0, 0.05) is 5.69 Å². The maximum Gasteiger partial charge on any atom is 0.261 e. The van der Waals surface area contributed by atoms with Crippen LogP contribution in [0.3, 0.4) is 0 Å². The second-order valence-corrected chi connectivity index (χ2v) is 5.22. The molecule has 112 valence electrons. The number of hydrogen-bond acceptors (Lipinski definition) is 3. The van der Waals surface area contributed by atoms with Crippen molar-refractivity contribution in [3.8, 4) is 0 Å². The summed E-state index contributed by atoms with van der Waals surface area (Å²) in [5.41, 5.74) is 1.56. The molecule has 3 aromatic rings. The van der Waals surface area contributed by atoms with Crippen molar-refractivity contribution in [1.29, 1.82) is 0 Å². The molecule has 0 aliphatic carbocycles. The summed E-state index contributed by atoms with van der Waals surface area (Å²) in [4.78, 5) is 21.3. The molecule has 0 fully saturated rings. The molecule has 0 aliphatic heterocycles. The molecule has 2 heterocycles. The van der Waals surface area contributed by atoms with Crippen LogP contribution in [0.2, 0.25) is 0 Å². The van der Waals surface area contributed by atoms with Crippen molar-refractivity contribution in [1.82, 2.24) is 14.5 Å². The lowest BCUT2D eigenvalue weighted by Crippen LogP contribution is -2.26. The van der Waals surface area contributed by atoms with Gasteiger partial charge in [0.25, 0.3) is 5.56 Å². The molecule has 0 saturated carbocycles. The Balaban J connectivity index is 2.20. The van der Waals surface area contributed by atoms with Crippen molar-refractivity contribution in [3.63, 3.8) is 0 Å². The molecule has 0 bridgehead atoms. The summed E-state index contributed by atoms with van der Waals surface area (Å²) in [6.45, 7) is 3.89. The predicted octanol–water partition coefficient (Wildman–Crippen LogP) is 3.24. The van der Waals surface area contributed by atoms with Gasteiger partial charge < -0.3 is 0 Å². The van der Waals surface area contributed by atoms with Crippen LogP contribution in [-0.4, -0.2) is 14.5 Å². The molecule has 0 N–H and O–H groups in total. The van der Waals surface area contributed by atoms with E-state index in [-0.39, 0.29) is 22.5 Å². The zero-order valence-electron chi connectivity index (χ0n) is 12.5. The Morgan fingerprint density at radius 2 is 2.00 bits per heavy atom. The molecule has 0 aliphatic rings. The van der Waals surface area contributed by atoms with Crippen LogP contribution in [0.15, 0.2) is 47.5 Å². The molecule has 2 aromatic heterocycles. The van der Waals surface area contributed by atoms with Crippen molar-refractivity contribution < 1.29 is 4.39 Å². The molecular weight excluding hydrogens is 281 g/mol. The predicted molar refractivity (Wildman–Crippen MR) is 83.4 cm³/mol. The first-order valence-corrected chi connectivity index (χ1v) is 7.20. The minimum atomic E-state index is -0.483. The largest absolute Gasteiger partial charge is 0.290 e. The third-order valence-electron chi connectivity index (χ3n) is 3.74. The molecule has 5 heteroatoms. The molecule has 0 unspecified atom stereocenters. The molecule has 22 heavy (non-hydrogen) atoms. The molecule has 0 amide bonds. The van der Waals surface area contributed by atoms with E-state index in [0.29, 0.717) is 6.42 Å². The molecule has 0 radical (unpaired) electrons. The van der Waals surface area contributed by atoms with Crippen LogP contribution in [0, 0.1) is 12.7 Å². The van der Waals surface area contributed by atoms with E-state index in [4.69, 9.17) is 0 Å². The number of fused-ring (bicyclic) bond motifs is 1. The van der Waals surface area contributed by atoms with E-state index in [1.165, 1.54) is 23.0 Å². The van der Waals surface area contributed by atoms with Gasteiger partial charge in [0.1, 0.15) is 11.3 Å². The zero-order chi connectivity index (χ0) is 15.7. The summed E-state index contributed by atoms with van der Waals surface area (Å²) in [6.07, 6.45) is 2.10. The Bertz CT molecular complexity index is 888. The zero-order valence-corrected chi connectivity index (χ0v) is 12.5. The third-order valence-corrected chi connectivity index (χ3v) is 3.74. The van der Waals surface area contributed by atoms with Gasteiger partial charge in [-0.1, -0.05) is 19.1 Å². The van der Waals surface area contributed by atoms with E-state index in [9.17, 15) is 9.18 Å². The lowest BCUT2D eigenvalue weighted by atomic mass is 10.1. The topological polar surface area (TPSA) is 47.8 Å². The van der Waals surface area contributed by atoms with Crippen LogP contribution >= 0.6 is 0 Å². The normalized spacial score (nSPS) is 12.5. The lowest BCUT2D eigenvalue weighted by molar-refractivity contribution is 0.529. The second-order valence-electron chi connectivity index (χ2n) is 5.22. The summed E-state index contributed by atoms with van der Waals surface area (Å²) < 4.78 is 15.3. The molecular formula is C17H16FN3O. The van der Waals surface area contributed by atoms with Gasteiger partial charge in [-0.15, -0.1) is 0 Å². The summed E-state index contributed by atoms with van der Waals surface area (Å²) in [6, 6.07) is 9.93. The van der Waals surface area contributed by atoms with Crippen LogP contribution in [0.1, 0.15) is 30.8 Å². The van der Waals surface area contributed by atoms with Crippen LogP contribution in [0.4, 0.5) is 4.39 Å². The fraction of sp³-hybridized carbons (Fsp3) is 0.235. The van der Waals surface area contributed by atoms with Gasteiger partial charge in [0.2, 0.25) is 0 Å². The van der Waals surface area contributed by atoms with E-state index in [1.807, 2.05) is 32.0 Å². The van der Waals surface area contributed by atoms with Gasteiger partial charge in [0.05, 0.1) is 23.4 Å². The fourth-order valence-corrected chi connectivity index (χ4v) is 2.65. The number of para-hydroxylation sites is 1. The highest BCUT2D eigenvalue weighted by molar-refractivity contribution is 5.77. The Morgan fingerprint density at radius 3 is 2.73 bits per heavy atom.